The van der Waals surface area contributed by atoms with E-state index in [1.807, 2.05) is 6.92 Å². The molecule has 236 valence electrons. The molecule has 1 fully saturated rings. The molecule has 11 nitrogen and oxygen atoms in total. The third-order valence-corrected chi connectivity index (χ3v) is 7.84. The Kier molecular flexibility index (Phi) is 11.3. The molecular formula is C31H36ClN3O8S. The molecule has 13 heteroatoms. The molecule has 0 saturated carbocycles. The third-order valence-electron chi connectivity index (χ3n) is 6.54. The lowest BCUT2D eigenvalue weighted by Gasteiger charge is -2.49. The van der Waals surface area contributed by atoms with Gasteiger partial charge < -0.3 is 30.0 Å². The van der Waals surface area contributed by atoms with Gasteiger partial charge in [-0.2, -0.15) is 0 Å². The number of hydrogen-bond donors (Lipinski definition) is 3. The molecule has 3 N–H and O–H groups in total. The van der Waals surface area contributed by atoms with Crippen molar-refractivity contribution in [2.45, 2.75) is 57.4 Å². The van der Waals surface area contributed by atoms with E-state index in [9.17, 15) is 24.3 Å². The number of amides is 3. The molecule has 2 aromatic carbocycles. The number of phenols is 1. The van der Waals surface area contributed by atoms with Crippen LogP contribution in [0.1, 0.15) is 44.9 Å². The minimum absolute atomic E-state index is 0. The number of phenolic OH excluding ortho intramolecular Hbond substituents is 1. The summed E-state index contributed by atoms with van der Waals surface area (Å²) in [7, 11) is 1.56. The molecule has 2 aromatic rings. The molecule has 0 aliphatic carbocycles. The number of nitrogens with one attached hydrogen (secondary N) is 2. The van der Waals surface area contributed by atoms with Crippen LogP contribution in [0.2, 0.25) is 0 Å². The number of hydrogen-bond acceptors (Lipinski definition) is 9. The van der Waals surface area contributed by atoms with E-state index in [0.717, 1.165) is 5.56 Å². The summed E-state index contributed by atoms with van der Waals surface area (Å²) in [5.41, 5.74) is 1.09. The summed E-state index contributed by atoms with van der Waals surface area (Å²) < 4.78 is 16.1. The topological polar surface area (TPSA) is 144 Å². The number of methoxy groups -OCH3 is 1. The molecule has 3 amide bonds. The van der Waals surface area contributed by atoms with Gasteiger partial charge in [-0.1, -0.05) is 36.4 Å². The third kappa shape index (κ3) is 8.06. The average Bonchev–Trinajstić information content (AvgIpc) is 2.97. The first-order valence-corrected chi connectivity index (χ1v) is 14.7. The highest BCUT2D eigenvalue weighted by molar-refractivity contribution is 8.00. The van der Waals surface area contributed by atoms with Gasteiger partial charge in [0.25, 0.3) is 5.91 Å². The van der Waals surface area contributed by atoms with Crippen molar-refractivity contribution in [3.8, 4) is 11.5 Å². The number of ether oxygens (including phenoxy) is 3. The van der Waals surface area contributed by atoms with Crippen LogP contribution in [0.5, 0.6) is 11.5 Å². The molecule has 0 radical (unpaired) electrons. The van der Waals surface area contributed by atoms with Gasteiger partial charge in [-0.05, 0) is 68.7 Å². The van der Waals surface area contributed by atoms with Gasteiger partial charge in [0.1, 0.15) is 46.9 Å². The summed E-state index contributed by atoms with van der Waals surface area (Å²) in [6.07, 6.45) is 2.72. The van der Waals surface area contributed by atoms with E-state index in [1.54, 1.807) is 64.3 Å². The Bertz CT molecular complexity index is 1440. The zero-order valence-electron chi connectivity index (χ0n) is 25.0. The van der Waals surface area contributed by atoms with Gasteiger partial charge in [-0.3, -0.25) is 14.5 Å². The summed E-state index contributed by atoms with van der Waals surface area (Å²) >= 11 is 1.40. The van der Waals surface area contributed by atoms with Crippen LogP contribution in [-0.4, -0.2) is 63.8 Å². The molecule has 3 atom stereocenters. The van der Waals surface area contributed by atoms with E-state index in [-0.39, 0.29) is 30.5 Å². The van der Waals surface area contributed by atoms with E-state index in [2.05, 4.69) is 10.6 Å². The number of benzene rings is 2. The summed E-state index contributed by atoms with van der Waals surface area (Å²) in [5, 5.41) is 14.4. The molecule has 44 heavy (non-hydrogen) atoms. The van der Waals surface area contributed by atoms with Crippen LogP contribution in [-0.2, 0) is 30.5 Å². The first-order valence-electron chi connectivity index (χ1n) is 13.6. The molecule has 2 heterocycles. The van der Waals surface area contributed by atoms with E-state index < -0.39 is 46.9 Å². The molecule has 0 aromatic heterocycles. The molecule has 0 spiro atoms. The van der Waals surface area contributed by atoms with Crippen LogP contribution in [0.4, 0.5) is 4.79 Å². The summed E-state index contributed by atoms with van der Waals surface area (Å²) in [4.78, 5) is 54.1. The van der Waals surface area contributed by atoms with Gasteiger partial charge in [0, 0.05) is 5.75 Å². The fourth-order valence-electron chi connectivity index (χ4n) is 4.53. The number of rotatable bonds is 9. The minimum Gasteiger partial charge on any atom is -0.508 e. The van der Waals surface area contributed by atoms with Crippen molar-refractivity contribution in [3.63, 3.8) is 0 Å². The highest BCUT2D eigenvalue weighted by atomic mass is 35.5. The second-order valence-electron chi connectivity index (χ2n) is 10.9. The highest BCUT2D eigenvalue weighted by Gasteiger charge is 2.54. The Morgan fingerprint density at radius 2 is 1.77 bits per heavy atom. The molecule has 2 aliphatic heterocycles. The van der Waals surface area contributed by atoms with Crippen molar-refractivity contribution in [2.24, 2.45) is 0 Å². The van der Waals surface area contributed by atoms with Crippen molar-refractivity contribution >= 4 is 48.0 Å². The standard InChI is InChI=1S/C31H35N3O8S.ClH/c1-6-7-20-17-43-28-24(27(37)34(28)25(20)29(38)41-16-18-8-14-22(40-5)15-9-18)32-26(36)23(19-10-12-21(35)13-11-19)33-30(39)42-31(2,3)4;/h6-15,23-24,28,35H,16-17H2,1-5H3,(H,32,36)(H,33,39);1H/b7-6-;/t23?,24-,28-;/m1./s1. The number of halogens is 1. The molecule has 1 saturated heterocycles. The number of aromatic hydroxyl groups is 1. The fourth-order valence-corrected chi connectivity index (χ4v) is 5.85. The van der Waals surface area contributed by atoms with Crippen molar-refractivity contribution < 1.29 is 38.5 Å². The first-order chi connectivity index (χ1) is 20.4. The van der Waals surface area contributed by atoms with Crippen LogP contribution in [0.3, 0.4) is 0 Å². The molecule has 0 bridgehead atoms. The van der Waals surface area contributed by atoms with Gasteiger partial charge in [-0.25, -0.2) is 9.59 Å². The SMILES string of the molecule is C/C=C\C1=C(C(=O)OCc2ccc(OC)cc2)N2C(=O)[C@@H](NC(=O)C(NC(=O)OC(C)(C)C)c3ccc(O)cc3)[C@H]2SC1.Cl. The number of allylic oxidation sites excluding steroid dienone is 2. The van der Waals surface area contributed by atoms with Crippen LogP contribution in [0, 0.1) is 0 Å². The van der Waals surface area contributed by atoms with E-state index in [0.29, 0.717) is 22.6 Å². The Balaban J connectivity index is 0.00000529. The zero-order valence-corrected chi connectivity index (χ0v) is 26.6. The van der Waals surface area contributed by atoms with Gasteiger partial charge in [0.2, 0.25) is 5.91 Å². The Hall–Kier alpha value is -4.16. The van der Waals surface area contributed by atoms with Crippen molar-refractivity contribution in [1.82, 2.24) is 15.5 Å². The normalized spacial score (nSPS) is 18.4. The van der Waals surface area contributed by atoms with Crippen molar-refractivity contribution in [3.05, 3.63) is 83.1 Å². The second kappa shape index (κ2) is 14.5. The fraction of sp³-hybridized carbons (Fsp3) is 0.355. The number of β-lactam (4-membered cyclic amide) rings is 1. The number of alkyl carbamates (subject to hydrolysis) is 1. The Morgan fingerprint density at radius 3 is 2.36 bits per heavy atom. The Labute approximate surface area is 266 Å². The van der Waals surface area contributed by atoms with E-state index in [1.165, 1.54) is 40.9 Å². The smallest absolute Gasteiger partial charge is 0.408 e. The molecule has 4 rings (SSSR count). The molecule has 1 unspecified atom stereocenters. The maximum Gasteiger partial charge on any atom is 0.408 e. The van der Waals surface area contributed by atoms with Crippen LogP contribution < -0.4 is 15.4 Å². The van der Waals surface area contributed by atoms with Crippen LogP contribution in [0.25, 0.3) is 0 Å². The maximum atomic E-state index is 13.5. The molecular weight excluding hydrogens is 610 g/mol. The quantitative estimate of drug-likeness (QED) is 0.268. The number of carbonyl (C=O) groups is 4. The second-order valence-corrected chi connectivity index (χ2v) is 12.0. The zero-order chi connectivity index (χ0) is 31.3. The predicted octanol–water partition coefficient (Wildman–Crippen LogP) is 4.36. The maximum absolute atomic E-state index is 13.5. The lowest BCUT2D eigenvalue weighted by atomic mass is 10.0. The van der Waals surface area contributed by atoms with Gasteiger partial charge in [-0.15, -0.1) is 24.2 Å². The molecule has 2 aliphatic rings. The Morgan fingerprint density at radius 1 is 1.11 bits per heavy atom. The monoisotopic (exact) mass is 645 g/mol. The van der Waals surface area contributed by atoms with Crippen molar-refractivity contribution in [1.29, 1.82) is 0 Å². The summed E-state index contributed by atoms with van der Waals surface area (Å²) in [6, 6.07) is 10.7. The van der Waals surface area contributed by atoms with Crippen molar-refractivity contribution in [2.75, 3.05) is 12.9 Å². The average molecular weight is 646 g/mol. The predicted molar refractivity (Wildman–Crippen MR) is 167 cm³/mol. The van der Waals surface area contributed by atoms with Crippen LogP contribution >= 0.6 is 24.2 Å². The first kappa shape index (κ1) is 34.3. The number of nitrogens with zero attached hydrogens (tertiary/aromatic N) is 1. The van der Waals surface area contributed by atoms with E-state index >= 15 is 0 Å². The highest BCUT2D eigenvalue weighted by Crippen LogP contribution is 2.41. The van der Waals surface area contributed by atoms with E-state index in [4.69, 9.17) is 14.2 Å². The van der Waals surface area contributed by atoms with Crippen LogP contribution in [0.15, 0.2) is 72.0 Å². The number of thioether (sulfide) groups is 1. The lowest BCUT2D eigenvalue weighted by Crippen LogP contribution is -2.71. The number of carbonyl (C=O) groups excluding carboxylic acids is 4. The van der Waals surface area contributed by atoms with Gasteiger partial charge in [0.05, 0.1) is 7.11 Å². The largest absolute Gasteiger partial charge is 0.508 e. The van der Waals surface area contributed by atoms with Gasteiger partial charge >= 0.3 is 12.1 Å². The number of fused-ring (bicyclic) bond motifs is 1. The minimum atomic E-state index is -1.21. The summed E-state index contributed by atoms with van der Waals surface area (Å²) in [6.45, 7) is 6.89. The lowest BCUT2D eigenvalue weighted by molar-refractivity contribution is -0.153. The van der Waals surface area contributed by atoms with Gasteiger partial charge in [0.15, 0.2) is 0 Å². The summed E-state index contributed by atoms with van der Waals surface area (Å²) in [5.74, 6) is -0.712. The number of esters is 1.